The van der Waals surface area contributed by atoms with E-state index >= 15 is 0 Å². The zero-order valence-corrected chi connectivity index (χ0v) is 8.91. The van der Waals surface area contributed by atoms with Crippen LogP contribution in [0.2, 0.25) is 0 Å². The second-order valence-electron chi connectivity index (χ2n) is 3.91. The van der Waals surface area contributed by atoms with Crippen LogP contribution in [0, 0.1) is 0 Å². The molecule has 1 rings (SSSR count). The number of carbonyl (C=O) groups excluding carboxylic acids is 1. The molecule has 0 spiro atoms. The molecule has 0 bridgehead atoms. The van der Waals surface area contributed by atoms with Crippen molar-refractivity contribution in [3.63, 3.8) is 0 Å². The van der Waals surface area contributed by atoms with Crippen molar-refractivity contribution >= 4 is 5.91 Å². The number of aliphatic hydroxyl groups is 2. The molecule has 4 heteroatoms. The van der Waals surface area contributed by atoms with Gasteiger partial charge in [-0.3, -0.25) is 4.79 Å². The molecule has 0 unspecified atom stereocenters. The normalized spacial score (nSPS) is 16.3. The van der Waals surface area contributed by atoms with E-state index in [0.29, 0.717) is 6.42 Å². The van der Waals surface area contributed by atoms with E-state index in [2.05, 4.69) is 11.4 Å². The Bertz CT molecular complexity index is 234. The predicted octanol–water partition coefficient (Wildman–Crippen LogP) is 0.346. The topological polar surface area (TPSA) is 69.6 Å². The summed E-state index contributed by atoms with van der Waals surface area (Å²) in [6.07, 6.45) is 6.94. The lowest BCUT2D eigenvalue weighted by Crippen LogP contribution is -2.40. The summed E-state index contributed by atoms with van der Waals surface area (Å²) in [5, 5.41) is 20.2. The molecule has 0 saturated carbocycles. The van der Waals surface area contributed by atoms with Gasteiger partial charge in [0, 0.05) is 6.42 Å². The summed E-state index contributed by atoms with van der Waals surface area (Å²) in [6.45, 7) is -0.442. The highest BCUT2D eigenvalue weighted by Gasteiger charge is 2.12. The van der Waals surface area contributed by atoms with Crippen LogP contribution in [0.5, 0.6) is 0 Å². The summed E-state index contributed by atoms with van der Waals surface area (Å²) < 4.78 is 0. The molecule has 0 heterocycles. The Labute approximate surface area is 90.0 Å². The lowest BCUT2D eigenvalue weighted by atomic mass is 9.97. The van der Waals surface area contributed by atoms with Crippen molar-refractivity contribution in [2.24, 2.45) is 0 Å². The Morgan fingerprint density at radius 1 is 1.40 bits per heavy atom. The highest BCUT2D eigenvalue weighted by Crippen LogP contribution is 2.19. The molecule has 0 atom stereocenters. The molecule has 1 amide bonds. The van der Waals surface area contributed by atoms with E-state index < -0.39 is 6.04 Å². The maximum atomic E-state index is 11.5. The Kier molecular flexibility index (Phi) is 5.36. The maximum absolute atomic E-state index is 11.5. The maximum Gasteiger partial charge on any atom is 0.224 e. The highest BCUT2D eigenvalue weighted by atomic mass is 16.3. The summed E-state index contributed by atoms with van der Waals surface area (Å²) >= 11 is 0. The highest BCUT2D eigenvalue weighted by molar-refractivity contribution is 5.78. The molecule has 0 saturated heterocycles. The first kappa shape index (κ1) is 12.2. The molecule has 0 aliphatic heterocycles. The van der Waals surface area contributed by atoms with E-state index in [9.17, 15) is 4.79 Å². The van der Waals surface area contributed by atoms with Crippen LogP contribution in [0.4, 0.5) is 0 Å². The monoisotopic (exact) mass is 213 g/mol. The largest absolute Gasteiger partial charge is 0.394 e. The number of nitrogens with one attached hydrogen (secondary N) is 1. The minimum atomic E-state index is -0.526. The predicted molar refractivity (Wildman–Crippen MR) is 57.3 cm³/mol. The van der Waals surface area contributed by atoms with E-state index in [1.54, 1.807) is 0 Å². The molecule has 1 aliphatic carbocycles. The zero-order valence-electron chi connectivity index (χ0n) is 8.91. The number of aliphatic hydroxyl groups excluding tert-OH is 2. The van der Waals surface area contributed by atoms with Gasteiger partial charge in [0.2, 0.25) is 5.91 Å². The first-order valence-corrected chi connectivity index (χ1v) is 5.45. The third kappa shape index (κ3) is 4.44. The Balaban J connectivity index is 2.31. The molecule has 0 fully saturated rings. The van der Waals surface area contributed by atoms with Gasteiger partial charge in [0.15, 0.2) is 0 Å². The number of hydrogen-bond donors (Lipinski definition) is 3. The van der Waals surface area contributed by atoms with Gasteiger partial charge in [-0.05, 0) is 25.7 Å². The SMILES string of the molecule is O=C(CC1=CCCCC1)NC(CO)CO. The lowest BCUT2D eigenvalue weighted by molar-refractivity contribution is -0.121. The minimum absolute atomic E-state index is 0.115. The van der Waals surface area contributed by atoms with Crippen LogP contribution in [0.15, 0.2) is 11.6 Å². The average Bonchev–Trinajstić information content (AvgIpc) is 2.27. The van der Waals surface area contributed by atoms with E-state index in [0.717, 1.165) is 19.3 Å². The van der Waals surface area contributed by atoms with Crippen molar-refractivity contribution in [3.05, 3.63) is 11.6 Å². The van der Waals surface area contributed by atoms with Crippen LogP contribution in [0.1, 0.15) is 32.1 Å². The van der Waals surface area contributed by atoms with Crippen molar-refractivity contribution in [1.82, 2.24) is 5.32 Å². The molecule has 0 aromatic carbocycles. The first-order chi connectivity index (χ1) is 7.26. The van der Waals surface area contributed by atoms with E-state index in [1.807, 2.05) is 0 Å². The van der Waals surface area contributed by atoms with E-state index in [4.69, 9.17) is 10.2 Å². The average molecular weight is 213 g/mol. The van der Waals surface area contributed by atoms with Gasteiger partial charge >= 0.3 is 0 Å². The van der Waals surface area contributed by atoms with E-state index in [1.165, 1.54) is 12.0 Å². The summed E-state index contributed by atoms with van der Waals surface area (Å²) in [7, 11) is 0. The van der Waals surface area contributed by atoms with Crippen LogP contribution >= 0.6 is 0 Å². The molecule has 15 heavy (non-hydrogen) atoms. The summed E-state index contributed by atoms with van der Waals surface area (Å²) in [4.78, 5) is 11.5. The lowest BCUT2D eigenvalue weighted by Gasteiger charge is -2.16. The van der Waals surface area contributed by atoms with Crippen molar-refractivity contribution in [3.8, 4) is 0 Å². The van der Waals surface area contributed by atoms with Crippen LogP contribution in [0.3, 0.4) is 0 Å². The molecule has 1 aliphatic rings. The van der Waals surface area contributed by atoms with Gasteiger partial charge < -0.3 is 15.5 Å². The number of rotatable bonds is 5. The van der Waals surface area contributed by atoms with Gasteiger partial charge in [0.25, 0.3) is 0 Å². The zero-order chi connectivity index (χ0) is 11.1. The van der Waals surface area contributed by atoms with Gasteiger partial charge in [-0.1, -0.05) is 11.6 Å². The number of carbonyl (C=O) groups is 1. The fourth-order valence-electron chi connectivity index (χ4n) is 1.70. The smallest absolute Gasteiger partial charge is 0.224 e. The second kappa shape index (κ2) is 6.58. The van der Waals surface area contributed by atoms with Gasteiger partial charge in [0.1, 0.15) is 0 Å². The quantitative estimate of drug-likeness (QED) is 0.577. The van der Waals surface area contributed by atoms with E-state index in [-0.39, 0.29) is 19.1 Å². The molecule has 0 aromatic heterocycles. The van der Waals surface area contributed by atoms with Gasteiger partial charge in [-0.2, -0.15) is 0 Å². The Morgan fingerprint density at radius 2 is 2.13 bits per heavy atom. The van der Waals surface area contributed by atoms with Gasteiger partial charge in [-0.15, -0.1) is 0 Å². The minimum Gasteiger partial charge on any atom is -0.394 e. The molecule has 4 nitrogen and oxygen atoms in total. The fraction of sp³-hybridized carbons (Fsp3) is 0.727. The second-order valence-corrected chi connectivity index (χ2v) is 3.91. The Hall–Kier alpha value is -0.870. The molecular weight excluding hydrogens is 194 g/mol. The summed E-state index contributed by atoms with van der Waals surface area (Å²) in [5.41, 5.74) is 1.17. The number of allylic oxidation sites excluding steroid dienone is 1. The van der Waals surface area contributed by atoms with Gasteiger partial charge in [-0.25, -0.2) is 0 Å². The van der Waals surface area contributed by atoms with Crippen LogP contribution in [-0.2, 0) is 4.79 Å². The third-order valence-corrected chi connectivity index (χ3v) is 2.58. The Morgan fingerprint density at radius 3 is 2.67 bits per heavy atom. The van der Waals surface area contributed by atoms with Crippen LogP contribution in [-0.4, -0.2) is 35.4 Å². The van der Waals surface area contributed by atoms with Crippen molar-refractivity contribution in [2.75, 3.05) is 13.2 Å². The number of hydrogen-bond acceptors (Lipinski definition) is 3. The van der Waals surface area contributed by atoms with Crippen molar-refractivity contribution in [2.45, 2.75) is 38.1 Å². The van der Waals surface area contributed by atoms with Crippen LogP contribution in [0.25, 0.3) is 0 Å². The number of amides is 1. The molecule has 0 aromatic rings. The fourth-order valence-corrected chi connectivity index (χ4v) is 1.70. The standard InChI is InChI=1S/C11H19NO3/c13-7-10(8-14)12-11(15)6-9-4-2-1-3-5-9/h4,10,13-14H,1-3,5-8H2,(H,12,15). The molecular formula is C11H19NO3. The van der Waals surface area contributed by atoms with Crippen LogP contribution < -0.4 is 5.32 Å². The van der Waals surface area contributed by atoms with Crippen molar-refractivity contribution < 1.29 is 15.0 Å². The molecule has 0 radical (unpaired) electrons. The molecule has 3 N–H and O–H groups in total. The molecule has 86 valence electrons. The van der Waals surface area contributed by atoms with Crippen molar-refractivity contribution in [1.29, 1.82) is 0 Å². The third-order valence-electron chi connectivity index (χ3n) is 2.58. The summed E-state index contributed by atoms with van der Waals surface area (Å²) in [6, 6.07) is -0.526. The summed E-state index contributed by atoms with van der Waals surface area (Å²) in [5.74, 6) is -0.115. The van der Waals surface area contributed by atoms with Gasteiger partial charge in [0.05, 0.1) is 19.3 Å². The first-order valence-electron chi connectivity index (χ1n) is 5.45.